The van der Waals surface area contributed by atoms with Crippen molar-refractivity contribution in [2.75, 3.05) is 6.61 Å². The van der Waals surface area contributed by atoms with Gasteiger partial charge in [-0.1, -0.05) is 27.4 Å². The van der Waals surface area contributed by atoms with Crippen LogP contribution in [0.3, 0.4) is 0 Å². The summed E-state index contributed by atoms with van der Waals surface area (Å²) in [6, 6.07) is 0. The van der Waals surface area contributed by atoms with Gasteiger partial charge in [0.15, 0.2) is 0 Å². The molecule has 0 radical (unpaired) electrons. The van der Waals surface area contributed by atoms with Gasteiger partial charge in [-0.25, -0.2) is 9.18 Å². The quantitative estimate of drug-likeness (QED) is 0.502. The number of carbonyl (C=O) groups is 1. The van der Waals surface area contributed by atoms with Crippen LogP contribution in [0.15, 0.2) is 12.7 Å². The summed E-state index contributed by atoms with van der Waals surface area (Å²) in [7, 11) is 0. The maximum absolute atomic E-state index is 14.0. The number of esters is 1. The van der Waals surface area contributed by atoms with Gasteiger partial charge in [0.1, 0.15) is 0 Å². The van der Waals surface area contributed by atoms with Gasteiger partial charge in [-0.05, 0) is 13.0 Å². The standard InChI is InChI=1S/C10H17FO2/c1-6-10(11,9(3,4)5)8(12)13-7-2/h6H,1,7H2,2-5H3. The van der Waals surface area contributed by atoms with E-state index in [0.29, 0.717) is 0 Å². The molecular weight excluding hydrogens is 171 g/mol. The summed E-state index contributed by atoms with van der Waals surface area (Å²) >= 11 is 0. The van der Waals surface area contributed by atoms with E-state index < -0.39 is 17.1 Å². The number of carbonyl (C=O) groups excluding carboxylic acids is 1. The Morgan fingerprint density at radius 1 is 1.54 bits per heavy atom. The van der Waals surface area contributed by atoms with Gasteiger partial charge in [0.05, 0.1) is 6.61 Å². The van der Waals surface area contributed by atoms with E-state index in [0.717, 1.165) is 6.08 Å². The molecule has 0 aliphatic rings. The number of hydrogen-bond donors (Lipinski definition) is 0. The van der Waals surface area contributed by atoms with Gasteiger partial charge < -0.3 is 4.74 Å². The Kier molecular flexibility index (Phi) is 3.64. The minimum absolute atomic E-state index is 0.175. The smallest absolute Gasteiger partial charge is 0.348 e. The summed E-state index contributed by atoms with van der Waals surface area (Å²) < 4.78 is 18.7. The summed E-state index contributed by atoms with van der Waals surface area (Å²) in [6.45, 7) is 10.0. The number of alkyl halides is 1. The largest absolute Gasteiger partial charge is 0.463 e. The first-order valence-corrected chi connectivity index (χ1v) is 4.29. The molecule has 0 aromatic heterocycles. The molecule has 0 N–H and O–H groups in total. The molecule has 0 fully saturated rings. The highest BCUT2D eigenvalue weighted by Crippen LogP contribution is 2.36. The van der Waals surface area contributed by atoms with E-state index in [-0.39, 0.29) is 6.61 Å². The monoisotopic (exact) mass is 188 g/mol. The highest BCUT2D eigenvalue weighted by atomic mass is 19.1. The van der Waals surface area contributed by atoms with E-state index in [2.05, 4.69) is 11.3 Å². The molecule has 76 valence electrons. The fourth-order valence-electron chi connectivity index (χ4n) is 0.932. The molecule has 0 aliphatic heterocycles. The molecule has 0 aliphatic carbocycles. The van der Waals surface area contributed by atoms with E-state index in [4.69, 9.17) is 0 Å². The van der Waals surface area contributed by atoms with Gasteiger partial charge >= 0.3 is 5.97 Å². The molecular formula is C10H17FO2. The van der Waals surface area contributed by atoms with Gasteiger partial charge in [0.2, 0.25) is 5.67 Å². The predicted octanol–water partition coefficient (Wildman–Crippen LogP) is 2.49. The van der Waals surface area contributed by atoms with Crippen molar-refractivity contribution < 1.29 is 13.9 Å². The third-order valence-corrected chi connectivity index (χ3v) is 1.95. The first-order valence-electron chi connectivity index (χ1n) is 4.29. The molecule has 2 nitrogen and oxygen atoms in total. The van der Waals surface area contributed by atoms with Crippen molar-refractivity contribution in [2.24, 2.45) is 5.41 Å². The van der Waals surface area contributed by atoms with Gasteiger partial charge in [0.25, 0.3) is 0 Å². The van der Waals surface area contributed by atoms with E-state index >= 15 is 0 Å². The molecule has 0 heterocycles. The molecule has 0 saturated carbocycles. The zero-order chi connectivity index (χ0) is 10.7. The number of halogens is 1. The summed E-state index contributed by atoms with van der Waals surface area (Å²) in [5, 5.41) is 0. The first-order chi connectivity index (χ1) is 5.79. The molecule has 0 amide bonds. The fraction of sp³-hybridized carbons (Fsp3) is 0.700. The molecule has 0 aromatic carbocycles. The van der Waals surface area contributed by atoms with Gasteiger partial charge in [-0.15, -0.1) is 0 Å². The van der Waals surface area contributed by atoms with Crippen LogP contribution in [0.2, 0.25) is 0 Å². The highest BCUT2D eigenvalue weighted by Gasteiger charge is 2.48. The Bertz CT molecular complexity index is 205. The van der Waals surface area contributed by atoms with E-state index in [1.54, 1.807) is 27.7 Å². The van der Waals surface area contributed by atoms with Crippen LogP contribution in [0.5, 0.6) is 0 Å². The van der Waals surface area contributed by atoms with Crippen LogP contribution in [-0.2, 0) is 9.53 Å². The van der Waals surface area contributed by atoms with Crippen LogP contribution in [0, 0.1) is 5.41 Å². The Hall–Kier alpha value is -0.860. The van der Waals surface area contributed by atoms with E-state index in [9.17, 15) is 9.18 Å². The number of hydrogen-bond acceptors (Lipinski definition) is 2. The maximum atomic E-state index is 14.0. The molecule has 0 spiro atoms. The lowest BCUT2D eigenvalue weighted by Gasteiger charge is -2.32. The van der Waals surface area contributed by atoms with E-state index in [1.807, 2.05) is 0 Å². The summed E-state index contributed by atoms with van der Waals surface area (Å²) in [5.74, 6) is -0.863. The van der Waals surface area contributed by atoms with Crippen LogP contribution >= 0.6 is 0 Å². The lowest BCUT2D eigenvalue weighted by Crippen LogP contribution is -2.45. The van der Waals surface area contributed by atoms with Crippen molar-refractivity contribution in [3.63, 3.8) is 0 Å². The third-order valence-electron chi connectivity index (χ3n) is 1.95. The van der Waals surface area contributed by atoms with Crippen molar-refractivity contribution in [2.45, 2.75) is 33.4 Å². The molecule has 0 aromatic rings. The first kappa shape index (κ1) is 12.1. The van der Waals surface area contributed by atoms with Crippen LogP contribution in [0.4, 0.5) is 4.39 Å². The molecule has 0 rings (SSSR count). The molecule has 0 bridgehead atoms. The van der Waals surface area contributed by atoms with Crippen LogP contribution in [0.25, 0.3) is 0 Å². The summed E-state index contributed by atoms with van der Waals surface area (Å²) in [6.07, 6.45) is 1.00. The Labute approximate surface area is 78.8 Å². The van der Waals surface area contributed by atoms with Crippen molar-refractivity contribution in [1.82, 2.24) is 0 Å². The predicted molar refractivity (Wildman–Crippen MR) is 50.1 cm³/mol. The van der Waals surface area contributed by atoms with Crippen molar-refractivity contribution in [1.29, 1.82) is 0 Å². The Morgan fingerprint density at radius 3 is 2.23 bits per heavy atom. The Morgan fingerprint density at radius 2 is 2.00 bits per heavy atom. The van der Waals surface area contributed by atoms with Crippen molar-refractivity contribution in [3.05, 3.63) is 12.7 Å². The topological polar surface area (TPSA) is 26.3 Å². The second-order valence-corrected chi connectivity index (χ2v) is 3.89. The molecule has 1 atom stereocenters. The third kappa shape index (κ3) is 2.29. The van der Waals surface area contributed by atoms with Crippen molar-refractivity contribution >= 4 is 5.97 Å². The minimum atomic E-state index is -2.11. The molecule has 3 heteroatoms. The van der Waals surface area contributed by atoms with Crippen LogP contribution in [0.1, 0.15) is 27.7 Å². The second-order valence-electron chi connectivity index (χ2n) is 3.89. The zero-order valence-corrected chi connectivity index (χ0v) is 8.69. The SMILES string of the molecule is C=CC(F)(C(=O)OCC)C(C)(C)C. The van der Waals surface area contributed by atoms with Crippen LogP contribution in [-0.4, -0.2) is 18.2 Å². The molecule has 13 heavy (non-hydrogen) atoms. The van der Waals surface area contributed by atoms with E-state index in [1.165, 1.54) is 0 Å². The fourth-order valence-corrected chi connectivity index (χ4v) is 0.932. The maximum Gasteiger partial charge on any atom is 0.348 e. The van der Waals surface area contributed by atoms with Gasteiger partial charge in [-0.2, -0.15) is 0 Å². The normalized spacial score (nSPS) is 16.1. The number of rotatable bonds is 3. The number of ether oxygens (including phenoxy) is 1. The summed E-state index contributed by atoms with van der Waals surface area (Å²) in [4.78, 5) is 11.3. The lowest BCUT2D eigenvalue weighted by molar-refractivity contribution is -0.160. The van der Waals surface area contributed by atoms with Gasteiger partial charge in [0, 0.05) is 5.41 Å². The molecule has 0 saturated heterocycles. The molecule has 1 unspecified atom stereocenters. The highest BCUT2D eigenvalue weighted by molar-refractivity contribution is 5.82. The lowest BCUT2D eigenvalue weighted by atomic mass is 9.78. The van der Waals surface area contributed by atoms with Gasteiger partial charge in [-0.3, -0.25) is 0 Å². The summed E-state index contributed by atoms with van der Waals surface area (Å²) in [5.41, 5.74) is -2.94. The minimum Gasteiger partial charge on any atom is -0.463 e. The average Bonchev–Trinajstić information content (AvgIpc) is 2.01. The van der Waals surface area contributed by atoms with Crippen LogP contribution < -0.4 is 0 Å². The van der Waals surface area contributed by atoms with Crippen molar-refractivity contribution in [3.8, 4) is 0 Å². The average molecular weight is 188 g/mol. The Balaban J connectivity index is 4.84. The second kappa shape index (κ2) is 3.90. The zero-order valence-electron chi connectivity index (χ0n) is 8.69.